The molecular weight excluding hydrogens is 259 g/mol. The predicted molar refractivity (Wildman–Crippen MR) is 72.9 cm³/mol. The van der Waals surface area contributed by atoms with Gasteiger partial charge < -0.3 is 0 Å². The first kappa shape index (κ1) is 12.0. The van der Waals surface area contributed by atoms with E-state index in [9.17, 15) is 0 Å². The minimum absolute atomic E-state index is 0.146. The molecule has 0 bridgehead atoms. The molecule has 1 aromatic heterocycles. The summed E-state index contributed by atoms with van der Waals surface area (Å²) in [6, 6.07) is 8.21. The van der Waals surface area contributed by atoms with Gasteiger partial charge in [-0.3, -0.25) is 0 Å². The van der Waals surface area contributed by atoms with E-state index >= 15 is 0 Å². The summed E-state index contributed by atoms with van der Waals surface area (Å²) in [7, 11) is 0. The molecule has 16 heavy (non-hydrogen) atoms. The highest BCUT2D eigenvalue weighted by molar-refractivity contribution is 7.11. The highest BCUT2D eigenvalue weighted by atomic mass is 35.5. The van der Waals surface area contributed by atoms with Crippen LogP contribution in [0.5, 0.6) is 0 Å². The lowest BCUT2D eigenvalue weighted by atomic mass is 10.0. The first-order valence-corrected chi connectivity index (χ1v) is 6.73. The number of hydrogen-bond donors (Lipinski definition) is 0. The number of halogens is 2. The molecule has 0 amide bonds. The van der Waals surface area contributed by atoms with E-state index in [2.05, 4.69) is 32.0 Å². The molecular formula is C13H12Cl2S. The van der Waals surface area contributed by atoms with Crippen LogP contribution in [0.25, 0.3) is 0 Å². The third kappa shape index (κ3) is 2.27. The molecule has 0 aliphatic heterocycles. The van der Waals surface area contributed by atoms with Crippen LogP contribution in [0.4, 0.5) is 0 Å². The Kier molecular flexibility index (Phi) is 3.58. The molecule has 1 aromatic carbocycles. The summed E-state index contributed by atoms with van der Waals surface area (Å²) in [6.45, 7) is 4.15. The highest BCUT2D eigenvalue weighted by Gasteiger charge is 2.17. The fraction of sp³-hybridized carbons (Fsp3) is 0.231. The van der Waals surface area contributed by atoms with Gasteiger partial charge in [-0.2, -0.15) is 0 Å². The Morgan fingerprint density at radius 3 is 2.56 bits per heavy atom. The van der Waals surface area contributed by atoms with Gasteiger partial charge in [0.05, 0.1) is 10.4 Å². The zero-order chi connectivity index (χ0) is 11.7. The standard InChI is InChI=1S/C13H12Cl2S/c1-8-3-4-9(2)10(7-8)12(15)13-11(14)5-6-16-13/h3-7,12H,1-2H3. The number of hydrogen-bond acceptors (Lipinski definition) is 1. The molecule has 0 nitrogen and oxygen atoms in total. The Morgan fingerprint density at radius 1 is 1.19 bits per heavy atom. The van der Waals surface area contributed by atoms with Gasteiger partial charge >= 0.3 is 0 Å². The molecule has 0 N–H and O–H groups in total. The van der Waals surface area contributed by atoms with E-state index in [1.807, 2.05) is 11.4 Å². The maximum atomic E-state index is 6.48. The van der Waals surface area contributed by atoms with Crippen LogP contribution in [-0.4, -0.2) is 0 Å². The molecule has 0 spiro atoms. The van der Waals surface area contributed by atoms with Crippen LogP contribution in [0, 0.1) is 13.8 Å². The van der Waals surface area contributed by atoms with Crippen molar-refractivity contribution >= 4 is 34.5 Å². The SMILES string of the molecule is Cc1ccc(C)c(C(Cl)c2sccc2Cl)c1. The van der Waals surface area contributed by atoms with E-state index < -0.39 is 0 Å². The quantitative estimate of drug-likeness (QED) is 0.646. The lowest BCUT2D eigenvalue weighted by Crippen LogP contribution is -1.95. The van der Waals surface area contributed by atoms with Crippen molar-refractivity contribution in [1.29, 1.82) is 0 Å². The average Bonchev–Trinajstić information content (AvgIpc) is 2.67. The van der Waals surface area contributed by atoms with Gasteiger partial charge in [0.15, 0.2) is 0 Å². The third-order valence-electron chi connectivity index (χ3n) is 2.58. The zero-order valence-electron chi connectivity index (χ0n) is 9.13. The first-order valence-electron chi connectivity index (χ1n) is 5.03. The number of alkyl halides is 1. The van der Waals surface area contributed by atoms with E-state index in [0.717, 1.165) is 15.5 Å². The van der Waals surface area contributed by atoms with Gasteiger partial charge in [0.1, 0.15) is 0 Å². The number of benzene rings is 1. The van der Waals surface area contributed by atoms with Crippen LogP contribution in [0.1, 0.15) is 26.9 Å². The fourth-order valence-corrected chi connectivity index (χ4v) is 3.38. The Bertz CT molecular complexity index is 502. The number of thiophene rings is 1. The molecule has 1 heterocycles. The largest absolute Gasteiger partial charge is 0.145 e. The average molecular weight is 271 g/mol. The molecule has 1 unspecified atom stereocenters. The van der Waals surface area contributed by atoms with E-state index in [-0.39, 0.29) is 5.38 Å². The van der Waals surface area contributed by atoms with E-state index in [1.165, 1.54) is 11.1 Å². The zero-order valence-corrected chi connectivity index (χ0v) is 11.5. The van der Waals surface area contributed by atoms with Crippen molar-refractivity contribution < 1.29 is 0 Å². The Labute approximate surface area is 110 Å². The lowest BCUT2D eigenvalue weighted by molar-refractivity contribution is 1.13. The van der Waals surface area contributed by atoms with Crippen molar-refractivity contribution in [2.75, 3.05) is 0 Å². The van der Waals surface area contributed by atoms with Crippen LogP contribution in [0.2, 0.25) is 5.02 Å². The second-order valence-electron chi connectivity index (χ2n) is 3.86. The van der Waals surface area contributed by atoms with E-state index in [1.54, 1.807) is 11.3 Å². The summed E-state index contributed by atoms with van der Waals surface area (Å²) in [4.78, 5) is 1.03. The van der Waals surface area contributed by atoms with Gasteiger partial charge in [-0.1, -0.05) is 35.4 Å². The maximum Gasteiger partial charge on any atom is 0.0945 e. The van der Waals surface area contributed by atoms with Crippen molar-refractivity contribution in [3.05, 3.63) is 56.2 Å². The molecule has 2 rings (SSSR count). The molecule has 1 atom stereocenters. The molecule has 0 saturated heterocycles. The van der Waals surface area contributed by atoms with Crippen LogP contribution in [0.3, 0.4) is 0 Å². The van der Waals surface area contributed by atoms with Gasteiger partial charge in [-0.05, 0) is 36.4 Å². The van der Waals surface area contributed by atoms with Gasteiger partial charge in [0.25, 0.3) is 0 Å². The molecule has 84 valence electrons. The number of aryl methyl sites for hydroxylation is 2. The summed E-state index contributed by atoms with van der Waals surface area (Å²) in [6.07, 6.45) is 0. The second-order valence-corrected chi connectivity index (χ2v) is 5.65. The van der Waals surface area contributed by atoms with E-state index in [0.29, 0.717) is 0 Å². The number of rotatable bonds is 2. The van der Waals surface area contributed by atoms with Gasteiger partial charge in [0, 0.05) is 4.88 Å². The highest BCUT2D eigenvalue weighted by Crippen LogP contribution is 2.38. The molecule has 0 fully saturated rings. The van der Waals surface area contributed by atoms with Crippen LogP contribution in [0.15, 0.2) is 29.6 Å². The van der Waals surface area contributed by atoms with Crippen LogP contribution < -0.4 is 0 Å². The van der Waals surface area contributed by atoms with Crippen molar-refractivity contribution in [2.45, 2.75) is 19.2 Å². The molecule has 3 heteroatoms. The first-order chi connectivity index (χ1) is 7.59. The Balaban J connectivity index is 2.45. The molecule has 0 saturated carbocycles. The second kappa shape index (κ2) is 4.79. The van der Waals surface area contributed by atoms with Gasteiger partial charge in [-0.25, -0.2) is 0 Å². The predicted octanol–water partition coefficient (Wildman–Crippen LogP) is 5.35. The topological polar surface area (TPSA) is 0 Å². The normalized spacial score (nSPS) is 12.8. The summed E-state index contributed by atoms with van der Waals surface area (Å²) < 4.78 is 0. The van der Waals surface area contributed by atoms with Gasteiger partial charge in [0.2, 0.25) is 0 Å². The minimum atomic E-state index is -0.146. The fourth-order valence-electron chi connectivity index (χ4n) is 1.66. The summed E-state index contributed by atoms with van der Waals surface area (Å²) in [5, 5.41) is 2.58. The maximum absolute atomic E-state index is 6.48. The summed E-state index contributed by atoms with van der Waals surface area (Å²) in [5.74, 6) is 0. The monoisotopic (exact) mass is 270 g/mol. The molecule has 2 aromatic rings. The van der Waals surface area contributed by atoms with Crippen molar-refractivity contribution in [3.8, 4) is 0 Å². The summed E-state index contributed by atoms with van der Waals surface area (Å²) in [5.41, 5.74) is 3.57. The molecule has 0 aliphatic rings. The Morgan fingerprint density at radius 2 is 1.94 bits per heavy atom. The van der Waals surface area contributed by atoms with Crippen LogP contribution in [-0.2, 0) is 0 Å². The van der Waals surface area contributed by atoms with Crippen LogP contribution >= 0.6 is 34.5 Å². The Hall–Kier alpha value is -0.500. The van der Waals surface area contributed by atoms with Crippen molar-refractivity contribution in [1.82, 2.24) is 0 Å². The third-order valence-corrected chi connectivity index (χ3v) is 4.59. The van der Waals surface area contributed by atoms with Crippen molar-refractivity contribution in [2.24, 2.45) is 0 Å². The molecule has 0 aliphatic carbocycles. The van der Waals surface area contributed by atoms with Gasteiger partial charge in [-0.15, -0.1) is 22.9 Å². The van der Waals surface area contributed by atoms with E-state index in [4.69, 9.17) is 23.2 Å². The summed E-state index contributed by atoms with van der Waals surface area (Å²) >= 11 is 14.2. The van der Waals surface area contributed by atoms with Crippen molar-refractivity contribution in [3.63, 3.8) is 0 Å². The molecule has 0 radical (unpaired) electrons. The lowest BCUT2D eigenvalue weighted by Gasteiger charge is -2.12. The smallest absolute Gasteiger partial charge is 0.0945 e. The minimum Gasteiger partial charge on any atom is -0.145 e.